The van der Waals surface area contributed by atoms with Gasteiger partial charge in [-0.1, -0.05) is 42.5 Å². The van der Waals surface area contributed by atoms with Crippen molar-refractivity contribution in [2.45, 2.75) is 6.10 Å². The maximum atomic E-state index is 10.9. The van der Waals surface area contributed by atoms with Gasteiger partial charge in [0.15, 0.2) is 11.5 Å². The molecule has 0 aliphatic heterocycles. The summed E-state index contributed by atoms with van der Waals surface area (Å²) >= 11 is 0. The number of aromatic nitrogens is 5. The van der Waals surface area contributed by atoms with Gasteiger partial charge in [0.2, 0.25) is 0 Å². The first kappa shape index (κ1) is 15.6. The Morgan fingerprint density at radius 3 is 2.63 bits per heavy atom. The second-order valence-electron chi connectivity index (χ2n) is 6.27. The van der Waals surface area contributed by atoms with Gasteiger partial charge in [0.05, 0.1) is 11.2 Å². The predicted molar refractivity (Wildman–Crippen MR) is 102 cm³/mol. The Bertz CT molecular complexity index is 1250. The van der Waals surface area contributed by atoms with E-state index in [0.29, 0.717) is 11.5 Å². The molecule has 0 fully saturated rings. The second kappa shape index (κ2) is 6.26. The van der Waals surface area contributed by atoms with Gasteiger partial charge < -0.3 is 5.11 Å². The standard InChI is InChI=1S/C21H15N5O/c27-20(16-8-9-17-15(13-16)7-4-12-22-17)21-24-23-19-11-10-18(25-26(19)21)14-5-2-1-3-6-14/h1-13,20,27H/t20-/m1/s1. The summed E-state index contributed by atoms with van der Waals surface area (Å²) in [4.78, 5) is 4.31. The number of nitrogens with zero attached hydrogens (tertiary/aromatic N) is 5. The van der Waals surface area contributed by atoms with E-state index in [1.807, 2.05) is 72.8 Å². The molecule has 3 heterocycles. The molecule has 6 heteroatoms. The average Bonchev–Trinajstić information content (AvgIpc) is 3.16. The molecule has 130 valence electrons. The van der Waals surface area contributed by atoms with E-state index >= 15 is 0 Å². The number of rotatable bonds is 3. The van der Waals surface area contributed by atoms with Crippen molar-refractivity contribution < 1.29 is 5.11 Å². The number of pyridine rings is 1. The van der Waals surface area contributed by atoms with Crippen LogP contribution >= 0.6 is 0 Å². The first-order valence-corrected chi connectivity index (χ1v) is 8.60. The first-order valence-electron chi connectivity index (χ1n) is 8.60. The van der Waals surface area contributed by atoms with Gasteiger partial charge in [0, 0.05) is 17.1 Å². The molecule has 5 aromatic rings. The van der Waals surface area contributed by atoms with Crippen LogP contribution in [0.5, 0.6) is 0 Å². The topological polar surface area (TPSA) is 76.2 Å². The summed E-state index contributed by atoms with van der Waals surface area (Å²) in [5, 5.41) is 24.8. The number of hydrogen-bond acceptors (Lipinski definition) is 5. The fourth-order valence-corrected chi connectivity index (χ4v) is 3.15. The van der Waals surface area contributed by atoms with Gasteiger partial charge in [-0.2, -0.15) is 9.61 Å². The molecule has 2 aromatic carbocycles. The molecular formula is C21H15N5O. The van der Waals surface area contributed by atoms with Crippen molar-refractivity contribution in [1.29, 1.82) is 0 Å². The summed E-state index contributed by atoms with van der Waals surface area (Å²) in [5.74, 6) is 0.381. The third-order valence-electron chi connectivity index (χ3n) is 4.54. The van der Waals surface area contributed by atoms with Crippen LogP contribution in [-0.2, 0) is 0 Å². The summed E-state index contributed by atoms with van der Waals surface area (Å²) in [5.41, 5.74) is 3.97. The Morgan fingerprint density at radius 2 is 1.74 bits per heavy atom. The molecule has 0 amide bonds. The fraction of sp³-hybridized carbons (Fsp3) is 0.0476. The highest BCUT2D eigenvalue weighted by molar-refractivity contribution is 5.79. The number of aliphatic hydroxyl groups is 1. The molecule has 3 aromatic heterocycles. The van der Waals surface area contributed by atoms with E-state index in [9.17, 15) is 5.11 Å². The molecule has 1 N–H and O–H groups in total. The van der Waals surface area contributed by atoms with Gasteiger partial charge in [-0.3, -0.25) is 4.98 Å². The van der Waals surface area contributed by atoms with E-state index in [1.165, 1.54) is 0 Å². The Labute approximate surface area is 154 Å². The zero-order chi connectivity index (χ0) is 18.2. The Hall–Kier alpha value is -3.64. The fourth-order valence-electron chi connectivity index (χ4n) is 3.15. The quantitative estimate of drug-likeness (QED) is 0.538. The SMILES string of the molecule is O[C@H](c1ccc2ncccc2c1)c1nnc2ccc(-c3ccccc3)nn12. The summed E-state index contributed by atoms with van der Waals surface area (Å²) in [6.07, 6.45) is 0.808. The highest BCUT2D eigenvalue weighted by Gasteiger charge is 2.19. The van der Waals surface area contributed by atoms with Crippen LogP contribution in [0.1, 0.15) is 17.5 Å². The predicted octanol–water partition coefficient (Wildman–Crippen LogP) is 3.42. The van der Waals surface area contributed by atoms with Gasteiger partial charge in [0.1, 0.15) is 6.10 Å². The van der Waals surface area contributed by atoms with E-state index < -0.39 is 6.10 Å². The molecule has 0 unspecified atom stereocenters. The van der Waals surface area contributed by atoms with Crippen LogP contribution in [0.25, 0.3) is 27.8 Å². The van der Waals surface area contributed by atoms with Gasteiger partial charge >= 0.3 is 0 Å². The molecule has 6 nitrogen and oxygen atoms in total. The Kier molecular flexibility index (Phi) is 3.62. The molecule has 1 atom stereocenters. The number of fused-ring (bicyclic) bond motifs is 2. The third kappa shape index (κ3) is 2.72. The highest BCUT2D eigenvalue weighted by Crippen LogP contribution is 2.25. The van der Waals surface area contributed by atoms with Crippen molar-refractivity contribution in [3.05, 3.63) is 90.4 Å². The van der Waals surface area contributed by atoms with Crippen molar-refractivity contribution >= 4 is 16.6 Å². The van der Waals surface area contributed by atoms with E-state index in [2.05, 4.69) is 20.3 Å². The first-order chi connectivity index (χ1) is 13.3. The van der Waals surface area contributed by atoms with E-state index in [4.69, 9.17) is 0 Å². The maximum Gasteiger partial charge on any atom is 0.187 e. The van der Waals surface area contributed by atoms with Gasteiger partial charge in [0.25, 0.3) is 0 Å². The highest BCUT2D eigenvalue weighted by atomic mass is 16.3. The Morgan fingerprint density at radius 1 is 0.852 bits per heavy atom. The van der Waals surface area contributed by atoms with Crippen LogP contribution in [0.15, 0.2) is 79.0 Å². The van der Waals surface area contributed by atoms with Crippen LogP contribution in [-0.4, -0.2) is 29.9 Å². The number of benzene rings is 2. The molecule has 0 bridgehead atoms. The lowest BCUT2D eigenvalue weighted by Crippen LogP contribution is -2.08. The van der Waals surface area contributed by atoms with Crippen LogP contribution in [0, 0.1) is 0 Å². The maximum absolute atomic E-state index is 10.9. The molecule has 0 spiro atoms. The number of hydrogen-bond donors (Lipinski definition) is 1. The number of aliphatic hydroxyl groups excluding tert-OH is 1. The minimum Gasteiger partial charge on any atom is -0.380 e. The van der Waals surface area contributed by atoms with Crippen LogP contribution in [0.4, 0.5) is 0 Å². The van der Waals surface area contributed by atoms with Crippen LogP contribution in [0.2, 0.25) is 0 Å². The van der Waals surface area contributed by atoms with Gasteiger partial charge in [-0.15, -0.1) is 10.2 Å². The summed E-state index contributed by atoms with van der Waals surface area (Å²) in [6.45, 7) is 0. The summed E-state index contributed by atoms with van der Waals surface area (Å²) in [6, 6.07) is 23.1. The lowest BCUT2D eigenvalue weighted by molar-refractivity contribution is 0.207. The van der Waals surface area contributed by atoms with Crippen molar-refractivity contribution in [1.82, 2.24) is 24.8 Å². The second-order valence-corrected chi connectivity index (χ2v) is 6.27. The van der Waals surface area contributed by atoms with Crippen LogP contribution in [0.3, 0.4) is 0 Å². The van der Waals surface area contributed by atoms with Gasteiger partial charge in [-0.05, 0) is 35.9 Å². The Balaban J connectivity index is 1.60. The minimum atomic E-state index is -0.942. The van der Waals surface area contributed by atoms with Crippen LogP contribution < -0.4 is 0 Å². The normalized spacial score (nSPS) is 12.5. The average molecular weight is 353 g/mol. The molecular weight excluding hydrogens is 338 g/mol. The monoisotopic (exact) mass is 353 g/mol. The van der Waals surface area contributed by atoms with E-state index in [1.54, 1.807) is 10.7 Å². The molecule has 0 radical (unpaired) electrons. The summed E-state index contributed by atoms with van der Waals surface area (Å²) in [7, 11) is 0. The zero-order valence-electron chi connectivity index (χ0n) is 14.3. The van der Waals surface area contributed by atoms with Crippen molar-refractivity contribution in [3.63, 3.8) is 0 Å². The molecule has 5 rings (SSSR count). The molecule has 0 saturated carbocycles. The molecule has 0 aliphatic carbocycles. The van der Waals surface area contributed by atoms with E-state index in [0.717, 1.165) is 27.7 Å². The molecule has 0 saturated heterocycles. The third-order valence-corrected chi connectivity index (χ3v) is 4.54. The van der Waals surface area contributed by atoms with Crippen molar-refractivity contribution in [2.24, 2.45) is 0 Å². The minimum absolute atomic E-state index is 0.381. The largest absolute Gasteiger partial charge is 0.380 e. The van der Waals surface area contributed by atoms with Crippen molar-refractivity contribution in [2.75, 3.05) is 0 Å². The van der Waals surface area contributed by atoms with Gasteiger partial charge in [-0.25, -0.2) is 0 Å². The summed E-state index contributed by atoms with van der Waals surface area (Å²) < 4.78 is 1.60. The van der Waals surface area contributed by atoms with Crippen molar-refractivity contribution in [3.8, 4) is 11.3 Å². The smallest absolute Gasteiger partial charge is 0.187 e. The lowest BCUT2D eigenvalue weighted by atomic mass is 10.1. The molecule has 27 heavy (non-hydrogen) atoms. The van der Waals surface area contributed by atoms with E-state index in [-0.39, 0.29) is 0 Å². The lowest BCUT2D eigenvalue weighted by Gasteiger charge is -2.10. The zero-order valence-corrected chi connectivity index (χ0v) is 14.3. The molecule has 0 aliphatic rings.